The van der Waals surface area contributed by atoms with Gasteiger partial charge in [-0.05, 0) is 54.5 Å². The Kier molecular flexibility index (Phi) is 4.92. The van der Waals surface area contributed by atoms with E-state index in [1.165, 1.54) is 0 Å². The number of halogens is 1. The molecule has 0 atom stereocenters. The van der Waals surface area contributed by atoms with Crippen molar-refractivity contribution in [2.24, 2.45) is 0 Å². The van der Waals surface area contributed by atoms with Gasteiger partial charge in [-0.3, -0.25) is 0 Å². The molecule has 0 aliphatic heterocycles. The molecule has 0 aliphatic rings. The van der Waals surface area contributed by atoms with Crippen LogP contribution < -0.4 is 0 Å². The summed E-state index contributed by atoms with van der Waals surface area (Å²) in [5, 5.41) is 19.3. The highest BCUT2D eigenvalue weighted by Gasteiger charge is 2.11. The zero-order valence-electron chi connectivity index (χ0n) is 13.9. The number of aromatic carboxylic acids is 1. The number of hydrogen-bond donors (Lipinski definition) is 1. The van der Waals surface area contributed by atoms with E-state index in [0.29, 0.717) is 33.2 Å². The van der Waals surface area contributed by atoms with Crippen molar-refractivity contribution in [3.05, 3.63) is 82.1 Å². The lowest BCUT2D eigenvalue weighted by Gasteiger charge is -2.03. The van der Waals surface area contributed by atoms with E-state index in [4.69, 9.17) is 16.0 Å². The smallest absolute Gasteiger partial charge is 0.335 e. The van der Waals surface area contributed by atoms with Gasteiger partial charge in [0.2, 0.25) is 0 Å². The molecule has 0 saturated heterocycles. The molecule has 1 heterocycles. The Morgan fingerprint density at radius 2 is 1.88 bits per heavy atom. The predicted molar refractivity (Wildman–Crippen MR) is 101 cm³/mol. The molecule has 1 N–H and O–H groups in total. The molecular formula is C21H14ClNO3. The molecule has 0 saturated carbocycles. The standard InChI is InChI=1S/C21H14ClNO3/c1-13-2-3-15(11-19(13)21(24)25)20-9-8-18(26-20)10-16(12-23)14-4-6-17(22)7-5-14/h2-11H,1H3,(H,24,25). The summed E-state index contributed by atoms with van der Waals surface area (Å²) in [6.45, 7) is 1.74. The van der Waals surface area contributed by atoms with Crippen LogP contribution in [0.1, 0.15) is 27.2 Å². The highest BCUT2D eigenvalue weighted by Crippen LogP contribution is 2.27. The van der Waals surface area contributed by atoms with Crippen LogP contribution in [0.3, 0.4) is 0 Å². The van der Waals surface area contributed by atoms with Crippen LogP contribution in [0.2, 0.25) is 5.02 Å². The Labute approximate surface area is 155 Å². The van der Waals surface area contributed by atoms with Crippen molar-refractivity contribution < 1.29 is 14.3 Å². The van der Waals surface area contributed by atoms with Crippen molar-refractivity contribution in [3.8, 4) is 17.4 Å². The molecule has 0 unspecified atom stereocenters. The second kappa shape index (κ2) is 7.30. The summed E-state index contributed by atoms with van der Waals surface area (Å²) >= 11 is 5.87. The third kappa shape index (κ3) is 3.69. The average molecular weight is 364 g/mol. The summed E-state index contributed by atoms with van der Waals surface area (Å²) in [4.78, 5) is 11.3. The Hall–Kier alpha value is -3.29. The molecule has 0 amide bonds. The van der Waals surface area contributed by atoms with Crippen LogP contribution in [0.5, 0.6) is 0 Å². The van der Waals surface area contributed by atoms with Gasteiger partial charge in [-0.2, -0.15) is 5.26 Å². The van der Waals surface area contributed by atoms with Gasteiger partial charge in [-0.1, -0.05) is 35.9 Å². The molecule has 5 heteroatoms. The molecule has 0 radical (unpaired) electrons. The maximum Gasteiger partial charge on any atom is 0.335 e. The first-order valence-corrected chi connectivity index (χ1v) is 8.17. The number of nitrogens with zero attached hydrogens (tertiary/aromatic N) is 1. The average Bonchev–Trinajstić information content (AvgIpc) is 3.09. The predicted octanol–water partition coefficient (Wildman–Crippen LogP) is 5.67. The van der Waals surface area contributed by atoms with Crippen LogP contribution in [0.15, 0.2) is 59.0 Å². The van der Waals surface area contributed by atoms with Gasteiger partial charge in [0.05, 0.1) is 17.2 Å². The summed E-state index contributed by atoms with van der Waals surface area (Å²) in [7, 11) is 0. The number of rotatable bonds is 4. The van der Waals surface area contributed by atoms with Crippen LogP contribution in [0, 0.1) is 18.3 Å². The Bertz CT molecular complexity index is 1040. The van der Waals surface area contributed by atoms with E-state index in [-0.39, 0.29) is 5.56 Å². The largest absolute Gasteiger partial charge is 0.478 e. The molecule has 0 fully saturated rings. The zero-order chi connectivity index (χ0) is 18.7. The molecule has 2 aromatic carbocycles. The molecule has 4 nitrogen and oxygen atoms in total. The third-order valence-electron chi connectivity index (χ3n) is 3.94. The summed E-state index contributed by atoms with van der Waals surface area (Å²) in [5.74, 6) is 0.0571. The second-order valence-electron chi connectivity index (χ2n) is 5.71. The van der Waals surface area contributed by atoms with E-state index in [1.54, 1.807) is 67.6 Å². The number of benzene rings is 2. The normalized spacial score (nSPS) is 11.2. The van der Waals surface area contributed by atoms with Crippen LogP contribution in [-0.4, -0.2) is 11.1 Å². The number of hydrogen-bond acceptors (Lipinski definition) is 3. The monoisotopic (exact) mass is 363 g/mol. The SMILES string of the molecule is Cc1ccc(-c2ccc(C=C(C#N)c3ccc(Cl)cc3)o2)cc1C(=O)O. The molecule has 3 rings (SSSR count). The van der Waals surface area contributed by atoms with Crippen LogP contribution in [0.4, 0.5) is 0 Å². The highest BCUT2D eigenvalue weighted by atomic mass is 35.5. The first kappa shape index (κ1) is 17.5. The molecule has 1 aromatic heterocycles. The van der Waals surface area contributed by atoms with Gasteiger partial charge in [-0.15, -0.1) is 0 Å². The Morgan fingerprint density at radius 1 is 1.15 bits per heavy atom. The highest BCUT2D eigenvalue weighted by molar-refractivity contribution is 6.30. The summed E-state index contributed by atoms with van der Waals surface area (Å²) in [6, 6.07) is 17.7. The minimum atomic E-state index is -0.981. The maximum atomic E-state index is 11.3. The van der Waals surface area contributed by atoms with E-state index in [1.807, 2.05) is 0 Å². The third-order valence-corrected chi connectivity index (χ3v) is 4.19. The quantitative estimate of drug-likeness (QED) is 0.606. The number of allylic oxidation sites excluding steroid dienone is 1. The van der Waals surface area contributed by atoms with Crippen LogP contribution in [0.25, 0.3) is 23.0 Å². The van der Waals surface area contributed by atoms with Gasteiger partial charge in [0.15, 0.2) is 0 Å². The van der Waals surface area contributed by atoms with E-state index in [0.717, 1.165) is 5.56 Å². The second-order valence-corrected chi connectivity index (χ2v) is 6.15. The van der Waals surface area contributed by atoms with Crippen molar-refractivity contribution in [2.75, 3.05) is 0 Å². The number of furan rings is 1. The molecule has 0 aliphatic carbocycles. The molecule has 0 spiro atoms. The number of carboxylic acid groups (broad SMARTS) is 1. The van der Waals surface area contributed by atoms with Gasteiger partial charge in [0, 0.05) is 10.6 Å². The minimum absolute atomic E-state index is 0.231. The fourth-order valence-corrected chi connectivity index (χ4v) is 2.67. The van der Waals surface area contributed by atoms with E-state index in [9.17, 15) is 15.2 Å². The van der Waals surface area contributed by atoms with Gasteiger partial charge in [0.1, 0.15) is 11.5 Å². The van der Waals surface area contributed by atoms with Crippen molar-refractivity contribution in [1.29, 1.82) is 5.26 Å². The first-order chi connectivity index (χ1) is 12.5. The van der Waals surface area contributed by atoms with Crippen molar-refractivity contribution in [2.45, 2.75) is 6.92 Å². The summed E-state index contributed by atoms with van der Waals surface area (Å²) < 4.78 is 5.78. The molecule has 128 valence electrons. The lowest BCUT2D eigenvalue weighted by molar-refractivity contribution is 0.0696. The van der Waals surface area contributed by atoms with Crippen LogP contribution >= 0.6 is 11.6 Å². The van der Waals surface area contributed by atoms with Crippen molar-refractivity contribution in [1.82, 2.24) is 0 Å². The molecule has 26 heavy (non-hydrogen) atoms. The number of carbonyl (C=O) groups is 1. The van der Waals surface area contributed by atoms with Gasteiger partial charge in [0.25, 0.3) is 0 Å². The summed E-state index contributed by atoms with van der Waals surface area (Å²) in [6.07, 6.45) is 1.64. The van der Waals surface area contributed by atoms with Crippen LogP contribution in [-0.2, 0) is 0 Å². The van der Waals surface area contributed by atoms with E-state index in [2.05, 4.69) is 6.07 Å². The molecule has 3 aromatic rings. The van der Waals surface area contributed by atoms with Gasteiger partial charge in [-0.25, -0.2) is 4.79 Å². The topological polar surface area (TPSA) is 74.2 Å². The number of carboxylic acids is 1. The maximum absolute atomic E-state index is 11.3. The molecule has 0 bridgehead atoms. The fraction of sp³-hybridized carbons (Fsp3) is 0.0476. The Balaban J connectivity index is 1.95. The summed E-state index contributed by atoms with van der Waals surface area (Å²) in [5.41, 5.74) is 2.76. The Morgan fingerprint density at radius 3 is 2.54 bits per heavy atom. The lowest BCUT2D eigenvalue weighted by atomic mass is 10.0. The molecular weight excluding hydrogens is 350 g/mol. The number of nitriles is 1. The lowest BCUT2D eigenvalue weighted by Crippen LogP contribution is -1.99. The van der Waals surface area contributed by atoms with Crippen molar-refractivity contribution in [3.63, 3.8) is 0 Å². The zero-order valence-corrected chi connectivity index (χ0v) is 14.6. The van der Waals surface area contributed by atoms with Crippen molar-refractivity contribution >= 4 is 29.2 Å². The first-order valence-electron chi connectivity index (χ1n) is 7.80. The number of aryl methyl sites for hydroxylation is 1. The van der Waals surface area contributed by atoms with Gasteiger partial charge >= 0.3 is 5.97 Å². The van der Waals surface area contributed by atoms with E-state index >= 15 is 0 Å². The minimum Gasteiger partial charge on any atom is -0.478 e. The fourth-order valence-electron chi connectivity index (χ4n) is 2.54. The van der Waals surface area contributed by atoms with E-state index < -0.39 is 5.97 Å². The van der Waals surface area contributed by atoms with Gasteiger partial charge < -0.3 is 9.52 Å².